The minimum Gasteiger partial charge on any atom is -0.346 e. The van der Waals surface area contributed by atoms with E-state index in [1.165, 1.54) is 0 Å². The van der Waals surface area contributed by atoms with E-state index < -0.39 is 11.8 Å². The average Bonchev–Trinajstić information content (AvgIpc) is 2.87. The van der Waals surface area contributed by atoms with Gasteiger partial charge in [-0.1, -0.05) is 42.5 Å². The fourth-order valence-electron chi connectivity index (χ4n) is 3.05. The van der Waals surface area contributed by atoms with Crippen LogP contribution in [0.15, 0.2) is 54.6 Å². The van der Waals surface area contributed by atoms with Gasteiger partial charge in [0.2, 0.25) is 5.91 Å². The van der Waals surface area contributed by atoms with Crippen LogP contribution in [0.5, 0.6) is 0 Å². The summed E-state index contributed by atoms with van der Waals surface area (Å²) in [7, 11) is 3.85. The van der Waals surface area contributed by atoms with Crippen molar-refractivity contribution in [3.63, 3.8) is 0 Å². The number of nitrogens with one attached hydrogen (secondary N) is 1. The molecule has 0 saturated carbocycles. The molecule has 2 aromatic carbocycles. The predicted molar refractivity (Wildman–Crippen MR) is 97.7 cm³/mol. The number of amides is 3. The molecule has 0 spiro atoms. The van der Waals surface area contributed by atoms with Gasteiger partial charge in [-0.05, 0) is 31.8 Å². The number of imide groups is 1. The van der Waals surface area contributed by atoms with Crippen LogP contribution in [-0.4, -0.2) is 54.7 Å². The Morgan fingerprint density at radius 1 is 0.962 bits per heavy atom. The van der Waals surface area contributed by atoms with E-state index in [4.69, 9.17) is 0 Å². The molecule has 3 amide bonds. The number of fused-ring (bicyclic) bond motifs is 1. The van der Waals surface area contributed by atoms with Crippen LogP contribution in [0.3, 0.4) is 0 Å². The molecule has 0 saturated heterocycles. The Morgan fingerprint density at radius 2 is 1.50 bits per heavy atom. The van der Waals surface area contributed by atoms with E-state index in [1.807, 2.05) is 49.3 Å². The molecule has 0 radical (unpaired) electrons. The van der Waals surface area contributed by atoms with Crippen LogP contribution in [0.4, 0.5) is 0 Å². The van der Waals surface area contributed by atoms with Gasteiger partial charge in [0.05, 0.1) is 17.2 Å². The molecule has 1 N–H and O–H groups in total. The summed E-state index contributed by atoms with van der Waals surface area (Å²) in [6, 6.07) is 16.0. The molecule has 6 heteroatoms. The summed E-state index contributed by atoms with van der Waals surface area (Å²) in [5, 5.41) is 2.93. The third-order valence-electron chi connectivity index (χ3n) is 4.26. The molecular formula is C20H21N3O3. The van der Waals surface area contributed by atoms with Gasteiger partial charge in [-0.3, -0.25) is 19.3 Å². The van der Waals surface area contributed by atoms with Crippen LogP contribution in [0.1, 0.15) is 32.3 Å². The van der Waals surface area contributed by atoms with Gasteiger partial charge in [0, 0.05) is 6.54 Å². The van der Waals surface area contributed by atoms with Crippen molar-refractivity contribution in [3.05, 3.63) is 71.3 Å². The van der Waals surface area contributed by atoms with Crippen LogP contribution in [0.2, 0.25) is 0 Å². The number of carbonyl (C=O) groups is 3. The summed E-state index contributed by atoms with van der Waals surface area (Å²) in [4.78, 5) is 40.3. The van der Waals surface area contributed by atoms with Crippen LogP contribution in [0.25, 0.3) is 0 Å². The molecule has 1 atom stereocenters. The Balaban J connectivity index is 1.71. The highest BCUT2D eigenvalue weighted by Crippen LogP contribution is 2.22. The van der Waals surface area contributed by atoms with Gasteiger partial charge in [0.1, 0.15) is 6.54 Å². The summed E-state index contributed by atoms with van der Waals surface area (Å²) in [5.74, 6) is -1.22. The predicted octanol–water partition coefficient (Wildman–Crippen LogP) is 1.70. The maximum atomic E-state index is 12.5. The van der Waals surface area contributed by atoms with Gasteiger partial charge in [-0.2, -0.15) is 0 Å². The quantitative estimate of drug-likeness (QED) is 0.805. The summed E-state index contributed by atoms with van der Waals surface area (Å²) in [5.41, 5.74) is 1.66. The molecule has 3 rings (SSSR count). The standard InChI is InChI=1S/C20H21N3O3/c1-22(2)12-17(14-8-4-3-5-9-14)21-18(24)13-23-19(25)15-10-6-7-11-16(15)20(23)26/h3-11,17H,12-13H2,1-2H3,(H,21,24)/t17-/m0/s1. The molecule has 0 fully saturated rings. The van der Waals surface area contributed by atoms with Crippen molar-refractivity contribution in [2.75, 3.05) is 27.2 Å². The van der Waals surface area contributed by atoms with Crippen molar-refractivity contribution in [1.29, 1.82) is 0 Å². The molecule has 1 heterocycles. The third-order valence-corrected chi connectivity index (χ3v) is 4.26. The smallest absolute Gasteiger partial charge is 0.262 e. The van der Waals surface area contributed by atoms with Crippen LogP contribution in [-0.2, 0) is 4.79 Å². The van der Waals surface area contributed by atoms with Crippen molar-refractivity contribution in [2.45, 2.75) is 6.04 Å². The highest BCUT2D eigenvalue weighted by Gasteiger charge is 2.36. The fourth-order valence-corrected chi connectivity index (χ4v) is 3.05. The van der Waals surface area contributed by atoms with Gasteiger partial charge in [0.25, 0.3) is 11.8 Å². The average molecular weight is 351 g/mol. The summed E-state index contributed by atoms with van der Waals surface area (Å²) >= 11 is 0. The van der Waals surface area contributed by atoms with Gasteiger partial charge in [0.15, 0.2) is 0 Å². The zero-order valence-corrected chi connectivity index (χ0v) is 14.8. The number of hydrogen-bond donors (Lipinski definition) is 1. The Labute approximate surface area is 152 Å². The Morgan fingerprint density at radius 3 is 2.04 bits per heavy atom. The second-order valence-corrected chi connectivity index (χ2v) is 6.54. The van der Waals surface area contributed by atoms with Gasteiger partial charge < -0.3 is 10.2 Å². The molecule has 1 aliphatic rings. The van der Waals surface area contributed by atoms with Crippen LogP contribution < -0.4 is 5.32 Å². The van der Waals surface area contributed by atoms with Crippen molar-refractivity contribution >= 4 is 17.7 Å². The van der Waals surface area contributed by atoms with Crippen molar-refractivity contribution in [1.82, 2.24) is 15.1 Å². The number of likely N-dealkylation sites (N-methyl/N-ethyl adjacent to an activating group) is 1. The fraction of sp³-hybridized carbons (Fsp3) is 0.250. The van der Waals surface area contributed by atoms with E-state index >= 15 is 0 Å². The number of nitrogens with zero attached hydrogens (tertiary/aromatic N) is 2. The molecule has 0 aromatic heterocycles. The molecule has 2 aromatic rings. The van der Waals surface area contributed by atoms with E-state index in [1.54, 1.807) is 24.3 Å². The lowest BCUT2D eigenvalue weighted by atomic mass is 10.1. The van der Waals surface area contributed by atoms with Crippen LogP contribution >= 0.6 is 0 Å². The molecular weight excluding hydrogens is 330 g/mol. The Bertz CT molecular complexity index is 798. The van der Waals surface area contributed by atoms with Crippen molar-refractivity contribution in [2.24, 2.45) is 0 Å². The van der Waals surface area contributed by atoms with E-state index in [-0.39, 0.29) is 18.5 Å². The monoisotopic (exact) mass is 351 g/mol. The highest BCUT2D eigenvalue weighted by molar-refractivity contribution is 6.22. The number of carbonyl (C=O) groups excluding carboxylic acids is 3. The number of benzene rings is 2. The highest BCUT2D eigenvalue weighted by atomic mass is 16.2. The van der Waals surface area contributed by atoms with E-state index in [0.29, 0.717) is 17.7 Å². The lowest BCUT2D eigenvalue weighted by Crippen LogP contribution is -2.43. The number of rotatable bonds is 6. The lowest BCUT2D eigenvalue weighted by Gasteiger charge is -2.24. The first-order valence-electron chi connectivity index (χ1n) is 8.41. The number of hydrogen-bond acceptors (Lipinski definition) is 4. The van der Waals surface area contributed by atoms with E-state index in [0.717, 1.165) is 10.5 Å². The lowest BCUT2D eigenvalue weighted by molar-refractivity contribution is -0.122. The second-order valence-electron chi connectivity index (χ2n) is 6.54. The molecule has 26 heavy (non-hydrogen) atoms. The topological polar surface area (TPSA) is 69.7 Å². The largest absolute Gasteiger partial charge is 0.346 e. The first-order valence-corrected chi connectivity index (χ1v) is 8.41. The maximum Gasteiger partial charge on any atom is 0.262 e. The Hall–Kier alpha value is -2.99. The van der Waals surface area contributed by atoms with E-state index in [2.05, 4.69) is 5.32 Å². The molecule has 0 bridgehead atoms. The summed E-state index contributed by atoms with van der Waals surface area (Å²) in [6.07, 6.45) is 0. The first kappa shape index (κ1) is 17.8. The molecule has 0 unspecified atom stereocenters. The van der Waals surface area contributed by atoms with Gasteiger partial charge in [-0.15, -0.1) is 0 Å². The second kappa shape index (κ2) is 7.49. The molecule has 1 aliphatic heterocycles. The minimum absolute atomic E-state index is 0.228. The first-order chi connectivity index (χ1) is 12.5. The van der Waals surface area contributed by atoms with Crippen LogP contribution in [0, 0.1) is 0 Å². The molecule has 0 aliphatic carbocycles. The van der Waals surface area contributed by atoms with Crippen molar-refractivity contribution < 1.29 is 14.4 Å². The normalized spacial score (nSPS) is 14.5. The minimum atomic E-state index is -0.426. The molecule has 6 nitrogen and oxygen atoms in total. The van der Waals surface area contributed by atoms with E-state index in [9.17, 15) is 14.4 Å². The Kier molecular flexibility index (Phi) is 5.14. The molecule has 134 valence electrons. The summed E-state index contributed by atoms with van der Waals surface area (Å²) < 4.78 is 0. The SMILES string of the molecule is CN(C)C[C@H](NC(=O)CN1C(=O)c2ccccc2C1=O)c1ccccc1. The van der Waals surface area contributed by atoms with Gasteiger partial charge >= 0.3 is 0 Å². The third kappa shape index (κ3) is 3.65. The zero-order chi connectivity index (χ0) is 18.7. The summed E-state index contributed by atoms with van der Waals surface area (Å²) in [6.45, 7) is 0.320. The zero-order valence-electron chi connectivity index (χ0n) is 14.8. The van der Waals surface area contributed by atoms with Crippen molar-refractivity contribution in [3.8, 4) is 0 Å². The maximum absolute atomic E-state index is 12.5. The van der Waals surface area contributed by atoms with Gasteiger partial charge in [-0.25, -0.2) is 0 Å².